The van der Waals surface area contributed by atoms with Gasteiger partial charge in [0.25, 0.3) is 0 Å². The minimum atomic E-state index is 0.619. The third-order valence-electron chi connectivity index (χ3n) is 1.29. The minimum Gasteiger partial charge on any atom is -0.483 e. The smallest absolute Gasteiger partial charge is 0.174 e. The van der Waals surface area contributed by atoms with Crippen molar-refractivity contribution in [3.63, 3.8) is 0 Å². The molecule has 0 aliphatic carbocycles. The predicted octanol–water partition coefficient (Wildman–Crippen LogP) is 3.04. The lowest BCUT2D eigenvalue weighted by Gasteiger charge is -1.95. The van der Waals surface area contributed by atoms with Crippen LogP contribution in [0.15, 0.2) is 29.3 Å². The van der Waals surface area contributed by atoms with Crippen LogP contribution in [0, 0.1) is 0 Å². The normalized spacial score (nSPS) is 10.5. The molecule has 0 atom stereocenters. The van der Waals surface area contributed by atoms with Crippen molar-refractivity contribution in [1.82, 2.24) is 0 Å². The number of hydrogen-bond donors (Lipinski definition) is 0. The molecule has 0 aliphatic heterocycles. The van der Waals surface area contributed by atoms with Gasteiger partial charge in [-0.3, -0.25) is 0 Å². The van der Waals surface area contributed by atoms with Gasteiger partial charge in [-0.05, 0) is 19.1 Å². The van der Waals surface area contributed by atoms with Crippen molar-refractivity contribution in [2.45, 2.75) is 6.92 Å². The van der Waals surface area contributed by atoms with Gasteiger partial charge in [-0.25, -0.2) is 4.99 Å². The highest BCUT2D eigenvalue weighted by Crippen LogP contribution is 2.22. The van der Waals surface area contributed by atoms with E-state index in [-0.39, 0.29) is 0 Å². The monoisotopic (exact) mass is 183 g/mol. The molecule has 0 heterocycles. The van der Waals surface area contributed by atoms with Crippen molar-refractivity contribution in [1.29, 1.82) is 0 Å². The maximum atomic E-state index is 5.83. The molecule has 2 nitrogen and oxygen atoms in total. The molecule has 0 unspecified atom stereocenters. The first kappa shape index (κ1) is 9.07. The van der Waals surface area contributed by atoms with Gasteiger partial charge < -0.3 is 4.74 Å². The fourth-order valence-electron chi connectivity index (χ4n) is 0.725. The maximum absolute atomic E-state index is 5.83. The number of ether oxygens (including phenoxy) is 1. The van der Waals surface area contributed by atoms with Gasteiger partial charge in [-0.2, -0.15) is 0 Å². The van der Waals surface area contributed by atoms with Gasteiger partial charge in [-0.15, -0.1) is 0 Å². The molecule has 12 heavy (non-hydrogen) atoms. The first-order valence-electron chi connectivity index (χ1n) is 3.73. The largest absolute Gasteiger partial charge is 0.483 e. The highest BCUT2D eigenvalue weighted by Gasteiger charge is 1.93. The number of para-hydroxylation sites is 1. The average Bonchev–Trinajstić information content (AvgIpc) is 2.09. The minimum absolute atomic E-state index is 0.619. The summed E-state index contributed by atoms with van der Waals surface area (Å²) >= 11 is 5.83. The van der Waals surface area contributed by atoms with Crippen LogP contribution >= 0.6 is 11.6 Å². The van der Waals surface area contributed by atoms with Gasteiger partial charge in [0.05, 0.1) is 17.3 Å². The number of hydrogen-bond acceptors (Lipinski definition) is 2. The summed E-state index contributed by atoms with van der Waals surface area (Å²) in [6.45, 7) is 2.52. The highest BCUT2D eigenvalue weighted by molar-refractivity contribution is 6.33. The second-order valence-corrected chi connectivity index (χ2v) is 2.55. The second-order valence-electron chi connectivity index (χ2n) is 2.14. The first-order chi connectivity index (χ1) is 5.84. The summed E-state index contributed by atoms with van der Waals surface area (Å²) in [5.41, 5.74) is 0.729. The van der Waals surface area contributed by atoms with Crippen molar-refractivity contribution < 1.29 is 4.74 Å². The van der Waals surface area contributed by atoms with E-state index in [1.54, 1.807) is 6.07 Å². The molecule has 1 aromatic rings. The van der Waals surface area contributed by atoms with Crippen LogP contribution in [0.1, 0.15) is 6.92 Å². The fourth-order valence-corrected chi connectivity index (χ4v) is 0.910. The summed E-state index contributed by atoms with van der Waals surface area (Å²) in [7, 11) is 0. The number of rotatable bonds is 3. The van der Waals surface area contributed by atoms with Crippen LogP contribution in [0.2, 0.25) is 5.02 Å². The zero-order valence-corrected chi connectivity index (χ0v) is 7.58. The summed E-state index contributed by atoms with van der Waals surface area (Å²) in [6, 6.07) is 7.37. The van der Waals surface area contributed by atoms with Crippen LogP contribution in [0.3, 0.4) is 0 Å². The Hall–Kier alpha value is -1.02. The van der Waals surface area contributed by atoms with E-state index in [2.05, 4.69) is 4.99 Å². The molecule has 1 rings (SSSR count). The summed E-state index contributed by atoms with van der Waals surface area (Å²) in [5.74, 6) is 0. The number of halogens is 1. The van der Waals surface area contributed by atoms with E-state index >= 15 is 0 Å². The van der Waals surface area contributed by atoms with E-state index in [0.717, 1.165) is 5.69 Å². The lowest BCUT2D eigenvalue weighted by atomic mass is 10.3. The summed E-state index contributed by atoms with van der Waals surface area (Å²) in [4.78, 5) is 4.02. The van der Waals surface area contributed by atoms with Gasteiger partial charge in [0.15, 0.2) is 6.40 Å². The Balaban J connectivity index is 2.68. The quantitative estimate of drug-likeness (QED) is 0.522. The van der Waals surface area contributed by atoms with Crippen molar-refractivity contribution in [3.8, 4) is 0 Å². The molecular weight excluding hydrogens is 174 g/mol. The van der Waals surface area contributed by atoms with Crippen LogP contribution in [-0.4, -0.2) is 13.0 Å². The highest BCUT2D eigenvalue weighted by atomic mass is 35.5. The van der Waals surface area contributed by atoms with Gasteiger partial charge >= 0.3 is 0 Å². The second kappa shape index (κ2) is 4.78. The molecule has 0 spiro atoms. The molecule has 0 aromatic heterocycles. The van der Waals surface area contributed by atoms with Crippen LogP contribution in [-0.2, 0) is 4.74 Å². The van der Waals surface area contributed by atoms with E-state index in [1.165, 1.54) is 6.40 Å². The summed E-state index contributed by atoms with van der Waals surface area (Å²) in [6.07, 6.45) is 1.40. The lowest BCUT2D eigenvalue weighted by Crippen LogP contribution is -1.83. The van der Waals surface area contributed by atoms with Crippen molar-refractivity contribution in [3.05, 3.63) is 29.3 Å². The Labute approximate surface area is 76.8 Å². The first-order valence-corrected chi connectivity index (χ1v) is 4.11. The van der Waals surface area contributed by atoms with E-state index in [9.17, 15) is 0 Å². The van der Waals surface area contributed by atoms with Gasteiger partial charge in [0, 0.05) is 0 Å². The topological polar surface area (TPSA) is 21.6 Å². The standard InChI is InChI=1S/C9H10ClNO/c1-2-12-7-11-9-6-4-3-5-8(9)10/h3-7H,2H2,1H3. The Kier molecular flexibility index (Phi) is 3.61. The Morgan fingerprint density at radius 3 is 2.92 bits per heavy atom. The van der Waals surface area contributed by atoms with E-state index < -0.39 is 0 Å². The SMILES string of the molecule is CCOC=Nc1ccccc1Cl. The number of nitrogens with zero attached hydrogens (tertiary/aromatic N) is 1. The molecule has 0 amide bonds. The van der Waals surface area contributed by atoms with Gasteiger partial charge in [0.2, 0.25) is 0 Å². The molecule has 0 saturated heterocycles. The summed E-state index contributed by atoms with van der Waals surface area (Å²) in [5, 5.41) is 0.633. The van der Waals surface area contributed by atoms with Crippen LogP contribution in [0.25, 0.3) is 0 Å². The van der Waals surface area contributed by atoms with Crippen LogP contribution in [0.5, 0.6) is 0 Å². The molecule has 0 saturated carbocycles. The van der Waals surface area contributed by atoms with E-state index in [0.29, 0.717) is 11.6 Å². The molecule has 0 radical (unpaired) electrons. The molecule has 64 valence electrons. The molecule has 1 aromatic carbocycles. The Bertz CT molecular complexity index is 273. The predicted molar refractivity (Wildman–Crippen MR) is 51.2 cm³/mol. The number of aliphatic imine (C=N–C) groups is 1. The molecule has 3 heteroatoms. The molecule has 0 N–H and O–H groups in total. The van der Waals surface area contributed by atoms with E-state index in [4.69, 9.17) is 16.3 Å². The third-order valence-corrected chi connectivity index (χ3v) is 1.61. The zero-order chi connectivity index (χ0) is 8.81. The van der Waals surface area contributed by atoms with Gasteiger partial charge in [-0.1, -0.05) is 23.7 Å². The number of benzene rings is 1. The molecule has 0 bridgehead atoms. The Morgan fingerprint density at radius 2 is 2.25 bits per heavy atom. The van der Waals surface area contributed by atoms with Crippen LogP contribution < -0.4 is 0 Å². The fraction of sp³-hybridized carbons (Fsp3) is 0.222. The van der Waals surface area contributed by atoms with Gasteiger partial charge in [0.1, 0.15) is 0 Å². The Morgan fingerprint density at radius 1 is 1.50 bits per heavy atom. The maximum Gasteiger partial charge on any atom is 0.174 e. The summed E-state index contributed by atoms with van der Waals surface area (Å²) < 4.78 is 4.94. The van der Waals surface area contributed by atoms with Crippen molar-refractivity contribution >= 4 is 23.7 Å². The van der Waals surface area contributed by atoms with Crippen molar-refractivity contribution in [2.75, 3.05) is 6.61 Å². The lowest BCUT2D eigenvalue weighted by molar-refractivity contribution is 0.344. The molecular formula is C9H10ClNO. The van der Waals surface area contributed by atoms with Crippen molar-refractivity contribution in [2.24, 2.45) is 4.99 Å². The third kappa shape index (κ3) is 2.55. The van der Waals surface area contributed by atoms with E-state index in [1.807, 2.05) is 25.1 Å². The van der Waals surface area contributed by atoms with Crippen LogP contribution in [0.4, 0.5) is 5.69 Å². The average molecular weight is 184 g/mol. The molecule has 0 fully saturated rings. The zero-order valence-electron chi connectivity index (χ0n) is 6.83. The molecule has 0 aliphatic rings.